The van der Waals surface area contributed by atoms with E-state index in [9.17, 15) is 14.4 Å². The van der Waals surface area contributed by atoms with Crippen molar-refractivity contribution in [3.8, 4) is 11.4 Å². The Kier molecular flexibility index (Phi) is 6.56. The number of carbonyl (C=O) groups is 3. The summed E-state index contributed by atoms with van der Waals surface area (Å²) in [6, 6.07) is 14.1. The molecule has 10 heteroatoms. The Morgan fingerprint density at radius 1 is 1.07 bits per heavy atom. The molecule has 0 radical (unpaired) electrons. The third kappa shape index (κ3) is 4.22. The predicted octanol–water partition coefficient (Wildman–Crippen LogP) is 4.32. The first-order chi connectivity index (χ1) is 21.2. The largest absolute Gasteiger partial charge is 0.351 e. The van der Waals surface area contributed by atoms with E-state index in [1.54, 1.807) is 30.7 Å². The number of fused-ring (bicyclic) bond motifs is 1. The summed E-state index contributed by atoms with van der Waals surface area (Å²) in [5.41, 5.74) is 1.56. The van der Waals surface area contributed by atoms with Crippen LogP contribution in [0.5, 0.6) is 0 Å². The van der Waals surface area contributed by atoms with Crippen molar-refractivity contribution < 1.29 is 14.4 Å². The number of benzene rings is 1. The molecule has 1 saturated carbocycles. The highest BCUT2D eigenvalue weighted by atomic mass is 16.2. The molecule has 5 heterocycles. The van der Waals surface area contributed by atoms with Crippen molar-refractivity contribution in [3.05, 3.63) is 78.5 Å². The van der Waals surface area contributed by atoms with Crippen molar-refractivity contribution in [2.75, 3.05) is 13.1 Å². The van der Waals surface area contributed by atoms with Crippen LogP contribution >= 0.6 is 0 Å². The number of aromatic nitrogens is 4. The molecule has 1 spiro atoms. The Bertz CT molecular complexity index is 1720. The number of rotatable bonds is 8. The zero-order valence-electron chi connectivity index (χ0n) is 25.4. The number of pyridine rings is 1. The van der Waals surface area contributed by atoms with Gasteiger partial charge < -0.3 is 20.1 Å². The van der Waals surface area contributed by atoms with E-state index < -0.39 is 17.0 Å². The summed E-state index contributed by atoms with van der Waals surface area (Å²) in [5.74, 6) is 0.538. The first-order valence-corrected chi connectivity index (χ1v) is 15.4. The van der Waals surface area contributed by atoms with Crippen LogP contribution in [0.1, 0.15) is 61.5 Å². The van der Waals surface area contributed by atoms with Gasteiger partial charge in [0, 0.05) is 54.1 Å². The van der Waals surface area contributed by atoms with Crippen molar-refractivity contribution in [1.29, 1.82) is 0 Å². The molecule has 7 rings (SSSR count). The lowest BCUT2D eigenvalue weighted by atomic mass is 9.77. The van der Waals surface area contributed by atoms with Crippen LogP contribution in [0, 0.1) is 17.3 Å². The highest BCUT2D eigenvalue weighted by molar-refractivity contribution is 6.01. The zero-order chi connectivity index (χ0) is 30.8. The normalized spacial score (nSPS) is 24.3. The quantitative estimate of drug-likeness (QED) is 0.315. The number of likely N-dealkylation sites (tertiary alicyclic amines) is 2. The van der Waals surface area contributed by atoms with E-state index in [1.165, 1.54) is 0 Å². The molecule has 3 aromatic heterocycles. The summed E-state index contributed by atoms with van der Waals surface area (Å²) in [4.78, 5) is 61.6. The summed E-state index contributed by atoms with van der Waals surface area (Å²) in [5, 5.41) is 4.06. The number of carbonyl (C=O) groups excluding carboxylic acids is 3. The molecule has 3 aliphatic rings. The molecule has 226 valence electrons. The highest BCUT2D eigenvalue weighted by Crippen LogP contribution is 2.67. The minimum absolute atomic E-state index is 0.0712. The van der Waals surface area contributed by atoms with Crippen LogP contribution in [0.15, 0.2) is 67.1 Å². The van der Waals surface area contributed by atoms with Crippen LogP contribution < -0.4 is 5.32 Å². The van der Waals surface area contributed by atoms with Gasteiger partial charge in [-0.3, -0.25) is 19.4 Å². The lowest BCUT2D eigenvalue weighted by Gasteiger charge is -2.53. The summed E-state index contributed by atoms with van der Waals surface area (Å²) < 4.78 is 0. The molecule has 2 N–H and O–H groups in total. The van der Waals surface area contributed by atoms with Gasteiger partial charge in [0.25, 0.3) is 11.8 Å². The molecule has 1 aromatic carbocycles. The Morgan fingerprint density at radius 2 is 1.84 bits per heavy atom. The Hall–Kier alpha value is -4.60. The molecule has 3 amide bonds. The molecule has 0 bridgehead atoms. The van der Waals surface area contributed by atoms with Gasteiger partial charge >= 0.3 is 0 Å². The second kappa shape index (κ2) is 10.2. The Balaban J connectivity index is 1.10. The molecule has 2 saturated heterocycles. The van der Waals surface area contributed by atoms with Gasteiger partial charge in [0.15, 0.2) is 5.82 Å². The Labute approximate surface area is 256 Å². The molecule has 44 heavy (non-hydrogen) atoms. The van der Waals surface area contributed by atoms with Crippen LogP contribution in [-0.2, 0) is 4.79 Å². The highest BCUT2D eigenvalue weighted by Gasteiger charge is 2.81. The van der Waals surface area contributed by atoms with Crippen molar-refractivity contribution in [1.82, 2.24) is 35.1 Å². The standard InChI is InChI=1S/C34H37N7O3/c1-5-13-33(3,4)28(39-30(42)26-16-21-9-6-7-10-24(21)38-26)32(44)41-19-27-34(41)20(2)23(34)18-40(27)31(43)25-12-11-22(17-37-25)29-35-14-8-15-36-29/h6-12,14-17,20,23,27-28,38H,5,13,18-19H2,1-4H3,(H,39,42). The third-order valence-corrected chi connectivity index (χ3v) is 10.3. The van der Waals surface area contributed by atoms with Crippen molar-refractivity contribution in [2.24, 2.45) is 17.3 Å². The average Bonchev–Trinajstić information content (AvgIpc) is 3.30. The molecular weight excluding hydrogens is 554 g/mol. The number of piperidine rings is 1. The van der Waals surface area contributed by atoms with E-state index in [0.717, 1.165) is 29.3 Å². The fourth-order valence-electron chi connectivity index (χ4n) is 7.89. The maximum Gasteiger partial charge on any atom is 0.272 e. The number of H-pyrrole nitrogens is 1. The second-order valence-electron chi connectivity index (χ2n) is 13.1. The predicted molar refractivity (Wildman–Crippen MR) is 165 cm³/mol. The number of aromatic amines is 1. The maximum absolute atomic E-state index is 14.4. The molecular formula is C34H37N7O3. The Morgan fingerprint density at radius 3 is 2.55 bits per heavy atom. The van der Waals surface area contributed by atoms with Gasteiger partial charge in [-0.15, -0.1) is 0 Å². The molecule has 10 nitrogen and oxygen atoms in total. The van der Waals surface area contributed by atoms with Crippen LogP contribution in [0.2, 0.25) is 0 Å². The number of para-hydroxylation sites is 1. The van der Waals surface area contributed by atoms with E-state index >= 15 is 0 Å². The van der Waals surface area contributed by atoms with Crippen LogP contribution in [0.3, 0.4) is 0 Å². The maximum atomic E-state index is 14.4. The average molecular weight is 592 g/mol. The van der Waals surface area contributed by atoms with E-state index in [-0.39, 0.29) is 35.6 Å². The molecule has 1 aliphatic carbocycles. The number of hydrogen-bond acceptors (Lipinski definition) is 6. The van der Waals surface area contributed by atoms with Crippen LogP contribution in [-0.4, -0.2) is 78.2 Å². The van der Waals surface area contributed by atoms with Crippen molar-refractivity contribution in [3.63, 3.8) is 0 Å². The number of nitrogens with zero attached hydrogens (tertiary/aromatic N) is 5. The molecule has 5 unspecified atom stereocenters. The lowest BCUT2D eigenvalue weighted by molar-refractivity contribution is -0.151. The third-order valence-electron chi connectivity index (χ3n) is 10.3. The minimum Gasteiger partial charge on any atom is -0.351 e. The van der Waals surface area contributed by atoms with Crippen molar-refractivity contribution in [2.45, 2.75) is 58.2 Å². The van der Waals surface area contributed by atoms with Gasteiger partial charge in [-0.2, -0.15) is 0 Å². The first kappa shape index (κ1) is 28.2. The number of hydrogen-bond donors (Lipinski definition) is 2. The van der Waals surface area contributed by atoms with Gasteiger partial charge in [-0.25, -0.2) is 9.97 Å². The zero-order valence-corrected chi connectivity index (χ0v) is 25.4. The molecule has 5 atom stereocenters. The fraction of sp³-hybridized carbons (Fsp3) is 0.412. The fourth-order valence-corrected chi connectivity index (χ4v) is 7.89. The summed E-state index contributed by atoms with van der Waals surface area (Å²) >= 11 is 0. The van der Waals surface area contributed by atoms with Gasteiger partial charge in [-0.1, -0.05) is 52.3 Å². The topological polar surface area (TPSA) is 124 Å². The van der Waals surface area contributed by atoms with E-state index in [2.05, 4.69) is 39.1 Å². The number of amides is 3. The van der Waals surface area contributed by atoms with Gasteiger partial charge in [0.1, 0.15) is 17.4 Å². The molecule has 4 aromatic rings. The summed E-state index contributed by atoms with van der Waals surface area (Å²) in [7, 11) is 0. The SMILES string of the molecule is CCCC(C)(C)C(NC(=O)c1cc2ccccc2[nH]1)C(=O)N1CC2N(C(=O)c3ccc(-c4ncccn4)cn3)CC3C(C)C321. The van der Waals surface area contributed by atoms with Gasteiger partial charge in [0.05, 0.1) is 11.6 Å². The van der Waals surface area contributed by atoms with Crippen LogP contribution in [0.25, 0.3) is 22.3 Å². The second-order valence-corrected chi connectivity index (χ2v) is 13.1. The number of nitrogens with one attached hydrogen (secondary N) is 2. The van der Waals surface area contributed by atoms with Crippen molar-refractivity contribution >= 4 is 28.6 Å². The monoisotopic (exact) mass is 591 g/mol. The van der Waals surface area contributed by atoms with E-state index in [4.69, 9.17) is 0 Å². The lowest BCUT2D eigenvalue weighted by Crippen LogP contribution is -2.72. The van der Waals surface area contributed by atoms with E-state index in [1.807, 2.05) is 60.0 Å². The smallest absolute Gasteiger partial charge is 0.272 e. The summed E-state index contributed by atoms with van der Waals surface area (Å²) in [6.45, 7) is 9.39. The molecule has 3 fully saturated rings. The molecule has 2 aliphatic heterocycles. The van der Waals surface area contributed by atoms with E-state index in [0.29, 0.717) is 30.3 Å². The first-order valence-electron chi connectivity index (χ1n) is 15.4. The minimum atomic E-state index is -0.704. The van der Waals surface area contributed by atoms with Gasteiger partial charge in [0.2, 0.25) is 5.91 Å². The van der Waals surface area contributed by atoms with Gasteiger partial charge in [-0.05, 0) is 48.1 Å². The summed E-state index contributed by atoms with van der Waals surface area (Å²) in [6.07, 6.45) is 6.63. The van der Waals surface area contributed by atoms with Crippen LogP contribution in [0.4, 0.5) is 0 Å².